The molecule has 0 aliphatic carbocycles. The standard InChI is InChI=1S/C16H17BrN2O5/c1-11-9-14(24-18-11)16(21)23-10-15(20)19(2)7-8-22-13-5-3-12(17)4-6-13/h3-6,9H,7-8,10H2,1-2H3. The molecule has 0 spiro atoms. The lowest BCUT2D eigenvalue weighted by Crippen LogP contribution is -2.34. The molecular weight excluding hydrogens is 380 g/mol. The van der Waals surface area contributed by atoms with Crippen LogP contribution >= 0.6 is 15.9 Å². The predicted molar refractivity (Wildman–Crippen MR) is 88.8 cm³/mol. The summed E-state index contributed by atoms with van der Waals surface area (Å²) in [6.45, 7) is 2.02. The van der Waals surface area contributed by atoms with E-state index >= 15 is 0 Å². The number of esters is 1. The van der Waals surface area contributed by atoms with Gasteiger partial charge in [-0.1, -0.05) is 21.1 Å². The third-order valence-electron chi connectivity index (χ3n) is 3.09. The van der Waals surface area contributed by atoms with Crippen LogP contribution in [0.15, 0.2) is 39.3 Å². The SMILES string of the molecule is Cc1cc(C(=O)OCC(=O)N(C)CCOc2ccc(Br)cc2)on1. The van der Waals surface area contributed by atoms with Gasteiger partial charge in [0.2, 0.25) is 5.76 Å². The highest BCUT2D eigenvalue weighted by Crippen LogP contribution is 2.15. The van der Waals surface area contributed by atoms with E-state index in [0.29, 0.717) is 24.6 Å². The molecule has 2 aromatic rings. The van der Waals surface area contributed by atoms with Crippen molar-refractivity contribution in [1.29, 1.82) is 0 Å². The monoisotopic (exact) mass is 396 g/mol. The van der Waals surface area contributed by atoms with E-state index in [2.05, 4.69) is 21.1 Å². The van der Waals surface area contributed by atoms with Gasteiger partial charge in [-0.3, -0.25) is 4.79 Å². The molecule has 8 heteroatoms. The number of amides is 1. The first kappa shape index (κ1) is 18.0. The Kier molecular flexibility index (Phi) is 6.36. The van der Waals surface area contributed by atoms with Crippen LogP contribution in [0.2, 0.25) is 0 Å². The highest BCUT2D eigenvalue weighted by atomic mass is 79.9. The summed E-state index contributed by atoms with van der Waals surface area (Å²) in [5.74, 6) is -0.366. The molecule has 7 nitrogen and oxygen atoms in total. The predicted octanol–water partition coefficient (Wildman–Crippen LogP) is 2.44. The fourth-order valence-electron chi connectivity index (χ4n) is 1.72. The van der Waals surface area contributed by atoms with Crippen molar-refractivity contribution in [2.45, 2.75) is 6.92 Å². The lowest BCUT2D eigenvalue weighted by molar-refractivity contribution is -0.133. The van der Waals surface area contributed by atoms with Gasteiger partial charge in [0.1, 0.15) is 12.4 Å². The number of hydrogen-bond acceptors (Lipinski definition) is 6. The van der Waals surface area contributed by atoms with E-state index in [-0.39, 0.29) is 18.3 Å². The zero-order chi connectivity index (χ0) is 17.5. The van der Waals surface area contributed by atoms with Gasteiger partial charge < -0.3 is 18.9 Å². The Bertz CT molecular complexity index is 699. The van der Waals surface area contributed by atoms with E-state index < -0.39 is 5.97 Å². The average molecular weight is 397 g/mol. The van der Waals surface area contributed by atoms with Crippen molar-refractivity contribution in [3.8, 4) is 5.75 Å². The molecule has 0 fully saturated rings. The molecule has 0 atom stereocenters. The normalized spacial score (nSPS) is 10.3. The zero-order valence-corrected chi connectivity index (χ0v) is 14.9. The lowest BCUT2D eigenvalue weighted by atomic mass is 10.3. The topological polar surface area (TPSA) is 81.9 Å². The maximum absolute atomic E-state index is 11.9. The van der Waals surface area contributed by atoms with Gasteiger partial charge in [-0.15, -0.1) is 0 Å². The first-order valence-electron chi connectivity index (χ1n) is 7.18. The van der Waals surface area contributed by atoms with E-state index in [4.69, 9.17) is 14.0 Å². The van der Waals surface area contributed by atoms with Crippen molar-refractivity contribution < 1.29 is 23.6 Å². The second kappa shape index (κ2) is 8.49. The number of likely N-dealkylation sites (N-methyl/N-ethyl adjacent to an activating group) is 1. The Balaban J connectivity index is 1.70. The fraction of sp³-hybridized carbons (Fsp3) is 0.312. The second-order valence-electron chi connectivity index (χ2n) is 5.03. The maximum atomic E-state index is 11.9. The molecule has 0 aliphatic heterocycles. The molecule has 2 rings (SSSR count). The summed E-state index contributed by atoms with van der Waals surface area (Å²) in [6.07, 6.45) is 0. The van der Waals surface area contributed by atoms with Crippen LogP contribution in [0.25, 0.3) is 0 Å². The Morgan fingerprint density at radius 3 is 2.62 bits per heavy atom. The number of ether oxygens (including phenoxy) is 2. The Labute approximate surface area is 147 Å². The summed E-state index contributed by atoms with van der Waals surface area (Å²) < 4.78 is 16.2. The minimum absolute atomic E-state index is 0.0264. The number of hydrogen-bond donors (Lipinski definition) is 0. The molecule has 0 bridgehead atoms. The van der Waals surface area contributed by atoms with E-state index in [0.717, 1.165) is 4.47 Å². The summed E-state index contributed by atoms with van der Waals surface area (Å²) in [5, 5.41) is 3.58. The molecule has 0 saturated carbocycles. The molecule has 1 aromatic carbocycles. The number of benzene rings is 1. The largest absolute Gasteiger partial charge is 0.492 e. The van der Waals surface area contributed by atoms with Crippen LogP contribution in [0.5, 0.6) is 5.75 Å². The summed E-state index contributed by atoms with van der Waals surface area (Å²) >= 11 is 3.34. The van der Waals surface area contributed by atoms with Gasteiger partial charge in [-0.05, 0) is 31.2 Å². The van der Waals surface area contributed by atoms with Gasteiger partial charge >= 0.3 is 5.97 Å². The van der Waals surface area contributed by atoms with Crippen molar-refractivity contribution in [2.24, 2.45) is 0 Å². The minimum Gasteiger partial charge on any atom is -0.492 e. The number of carbonyl (C=O) groups is 2. The molecule has 1 aromatic heterocycles. The smallest absolute Gasteiger partial charge is 0.377 e. The Hall–Kier alpha value is -2.35. The summed E-state index contributed by atoms with van der Waals surface area (Å²) in [7, 11) is 1.61. The molecule has 0 saturated heterocycles. The van der Waals surface area contributed by atoms with E-state index in [1.54, 1.807) is 14.0 Å². The van der Waals surface area contributed by atoms with Gasteiger partial charge in [-0.25, -0.2) is 4.79 Å². The zero-order valence-electron chi connectivity index (χ0n) is 13.3. The van der Waals surface area contributed by atoms with E-state index in [1.165, 1.54) is 11.0 Å². The van der Waals surface area contributed by atoms with Crippen molar-refractivity contribution in [3.63, 3.8) is 0 Å². The number of rotatable bonds is 7. The number of aromatic nitrogens is 1. The van der Waals surface area contributed by atoms with Crippen LogP contribution in [0, 0.1) is 6.92 Å². The fourth-order valence-corrected chi connectivity index (χ4v) is 1.99. The van der Waals surface area contributed by atoms with Gasteiger partial charge in [0, 0.05) is 17.6 Å². The molecular formula is C16H17BrN2O5. The van der Waals surface area contributed by atoms with Crippen molar-refractivity contribution in [1.82, 2.24) is 10.1 Å². The molecule has 24 heavy (non-hydrogen) atoms. The Morgan fingerprint density at radius 1 is 1.29 bits per heavy atom. The van der Waals surface area contributed by atoms with Crippen molar-refractivity contribution in [2.75, 3.05) is 26.8 Å². The van der Waals surface area contributed by atoms with Crippen LogP contribution < -0.4 is 4.74 Å². The van der Waals surface area contributed by atoms with Crippen molar-refractivity contribution in [3.05, 3.63) is 46.3 Å². The third-order valence-corrected chi connectivity index (χ3v) is 3.62. The maximum Gasteiger partial charge on any atom is 0.377 e. The van der Waals surface area contributed by atoms with Crippen LogP contribution in [-0.4, -0.2) is 48.7 Å². The van der Waals surface area contributed by atoms with Crippen LogP contribution in [0.1, 0.15) is 16.2 Å². The molecule has 0 N–H and O–H groups in total. The lowest BCUT2D eigenvalue weighted by Gasteiger charge is -2.17. The van der Waals surface area contributed by atoms with Crippen LogP contribution in [0.4, 0.5) is 0 Å². The van der Waals surface area contributed by atoms with Crippen LogP contribution in [0.3, 0.4) is 0 Å². The molecule has 0 radical (unpaired) electrons. The first-order chi connectivity index (χ1) is 11.5. The number of aryl methyl sites for hydroxylation is 1. The molecule has 0 unspecified atom stereocenters. The highest BCUT2D eigenvalue weighted by Gasteiger charge is 2.16. The summed E-state index contributed by atoms with van der Waals surface area (Å²) in [4.78, 5) is 25.0. The van der Waals surface area contributed by atoms with Gasteiger partial charge in [0.05, 0.1) is 12.2 Å². The average Bonchev–Trinajstić information content (AvgIpc) is 3.00. The van der Waals surface area contributed by atoms with E-state index in [1.807, 2.05) is 24.3 Å². The first-order valence-corrected chi connectivity index (χ1v) is 7.98. The number of carbonyl (C=O) groups excluding carboxylic acids is 2. The summed E-state index contributed by atoms with van der Waals surface area (Å²) in [6, 6.07) is 8.84. The highest BCUT2D eigenvalue weighted by molar-refractivity contribution is 9.10. The molecule has 0 aliphatic rings. The van der Waals surface area contributed by atoms with Gasteiger partial charge in [0.15, 0.2) is 6.61 Å². The van der Waals surface area contributed by atoms with Gasteiger partial charge in [-0.2, -0.15) is 0 Å². The molecule has 1 amide bonds. The third kappa shape index (κ3) is 5.38. The van der Waals surface area contributed by atoms with Crippen molar-refractivity contribution >= 4 is 27.8 Å². The quantitative estimate of drug-likeness (QED) is 0.668. The minimum atomic E-state index is -0.719. The summed E-state index contributed by atoms with van der Waals surface area (Å²) in [5.41, 5.74) is 0.565. The Morgan fingerprint density at radius 2 is 2.00 bits per heavy atom. The molecule has 1 heterocycles. The van der Waals surface area contributed by atoms with E-state index in [9.17, 15) is 9.59 Å². The second-order valence-corrected chi connectivity index (χ2v) is 5.94. The van der Waals surface area contributed by atoms with Gasteiger partial charge in [0.25, 0.3) is 5.91 Å². The molecule has 128 valence electrons. The number of halogens is 1. The van der Waals surface area contributed by atoms with Crippen LogP contribution in [-0.2, 0) is 9.53 Å². The number of nitrogens with zero attached hydrogens (tertiary/aromatic N) is 2.